The van der Waals surface area contributed by atoms with E-state index in [4.69, 9.17) is 4.74 Å². The highest BCUT2D eigenvalue weighted by molar-refractivity contribution is 5.76. The number of carbonyl (C=O) groups excluding carboxylic acids is 2. The Morgan fingerprint density at radius 2 is 0.595 bits per heavy atom. The van der Waals surface area contributed by atoms with Crippen molar-refractivity contribution in [1.82, 2.24) is 5.32 Å². The van der Waals surface area contributed by atoms with Crippen molar-refractivity contribution in [3.05, 3.63) is 48.6 Å². The van der Waals surface area contributed by atoms with Crippen molar-refractivity contribution in [2.75, 3.05) is 13.2 Å². The lowest BCUT2D eigenvalue weighted by Gasteiger charge is -2.20. The maximum absolute atomic E-state index is 12.5. The molecule has 0 bridgehead atoms. The zero-order chi connectivity index (χ0) is 60.6. The Labute approximate surface area is 525 Å². The first-order valence-electron chi connectivity index (χ1n) is 37.9. The van der Waals surface area contributed by atoms with Gasteiger partial charge in [-0.05, 0) is 89.9 Å². The summed E-state index contributed by atoms with van der Waals surface area (Å²) in [5.41, 5.74) is 0. The molecule has 0 aliphatic heterocycles. The third-order valence-corrected chi connectivity index (χ3v) is 17.6. The Hall–Kier alpha value is -2.18. The molecule has 3 N–H and O–H groups in total. The molecular formula is C78H147NO5. The van der Waals surface area contributed by atoms with E-state index < -0.39 is 12.1 Å². The number of esters is 1. The number of amides is 1. The number of rotatable bonds is 71. The molecular weight excluding hydrogens is 1030 g/mol. The molecule has 0 saturated carbocycles. The van der Waals surface area contributed by atoms with Crippen molar-refractivity contribution in [2.45, 2.75) is 424 Å². The number of unbranched alkanes of at least 4 members (excludes halogenated alkanes) is 54. The van der Waals surface area contributed by atoms with Gasteiger partial charge in [0.05, 0.1) is 25.4 Å². The summed E-state index contributed by atoms with van der Waals surface area (Å²) in [7, 11) is 0. The van der Waals surface area contributed by atoms with Crippen LogP contribution in [0.1, 0.15) is 412 Å². The lowest BCUT2D eigenvalue weighted by Crippen LogP contribution is -2.45. The van der Waals surface area contributed by atoms with Crippen LogP contribution in [0.4, 0.5) is 0 Å². The van der Waals surface area contributed by atoms with Gasteiger partial charge >= 0.3 is 5.97 Å². The summed E-state index contributed by atoms with van der Waals surface area (Å²) in [6.07, 6.45) is 96.4. The second-order valence-corrected chi connectivity index (χ2v) is 26.0. The molecule has 0 aromatic carbocycles. The van der Waals surface area contributed by atoms with Crippen molar-refractivity contribution in [2.24, 2.45) is 0 Å². The van der Waals surface area contributed by atoms with Crippen LogP contribution < -0.4 is 5.32 Å². The monoisotopic (exact) mass is 1180 g/mol. The molecule has 0 aromatic rings. The number of allylic oxidation sites excluding steroid dienone is 7. The molecule has 6 nitrogen and oxygen atoms in total. The average Bonchev–Trinajstić information content (AvgIpc) is 3.51. The topological polar surface area (TPSA) is 95.9 Å². The van der Waals surface area contributed by atoms with Gasteiger partial charge in [-0.25, -0.2) is 0 Å². The van der Waals surface area contributed by atoms with Gasteiger partial charge in [0.1, 0.15) is 0 Å². The van der Waals surface area contributed by atoms with E-state index in [2.05, 4.69) is 55.6 Å². The highest BCUT2D eigenvalue weighted by Gasteiger charge is 2.18. The van der Waals surface area contributed by atoms with Crippen LogP contribution in [0.25, 0.3) is 0 Å². The standard InChI is InChI=1S/C78H147NO5/c1-3-5-7-9-11-13-15-17-19-20-36-39-43-46-50-54-58-62-66-70-76(81)75(74-80)79-77(82)71-67-63-59-55-51-47-44-40-37-34-32-30-28-26-24-22-21-23-25-27-29-31-33-35-38-41-45-49-53-57-61-65-69-73-84-78(83)72-68-64-60-56-52-48-42-18-16-14-12-10-8-6-4-2/h18,25,27,31,33,42,66,70,75-76,80-81H,3-17,19-24,26,28-30,32,34-41,43-65,67-69,71-74H2,1-2H3,(H,79,82)/b27-25-,33-31-,42-18-,70-66+. The maximum Gasteiger partial charge on any atom is 0.305 e. The van der Waals surface area contributed by atoms with Crippen molar-refractivity contribution in [1.29, 1.82) is 0 Å². The molecule has 0 aromatic heterocycles. The number of ether oxygens (including phenoxy) is 1. The van der Waals surface area contributed by atoms with Gasteiger partial charge in [-0.2, -0.15) is 0 Å². The lowest BCUT2D eigenvalue weighted by atomic mass is 10.0. The first kappa shape index (κ1) is 81.8. The average molecular weight is 1180 g/mol. The Morgan fingerprint density at radius 1 is 0.333 bits per heavy atom. The molecule has 84 heavy (non-hydrogen) atoms. The fourth-order valence-corrected chi connectivity index (χ4v) is 11.8. The normalized spacial score (nSPS) is 12.8. The SMILES string of the molecule is CCCCCCCC/C=C\CCCCCCCC(=O)OCCCCCCCCCCC/C=C\C/C=C\CCCCCCCCCCCCCCCCCCCC(=O)NC(CO)C(O)/C=C/CCCCCCCCCCCCCCCCCCC. The van der Waals surface area contributed by atoms with Gasteiger partial charge in [0, 0.05) is 12.8 Å². The highest BCUT2D eigenvalue weighted by Crippen LogP contribution is 2.19. The van der Waals surface area contributed by atoms with Crippen LogP contribution in [-0.2, 0) is 14.3 Å². The second-order valence-electron chi connectivity index (χ2n) is 26.0. The fraction of sp³-hybridized carbons (Fsp3) is 0.872. The van der Waals surface area contributed by atoms with Gasteiger partial charge in [0.25, 0.3) is 0 Å². The minimum Gasteiger partial charge on any atom is -0.466 e. The molecule has 0 aliphatic carbocycles. The predicted octanol–water partition coefficient (Wildman–Crippen LogP) is 24.8. The van der Waals surface area contributed by atoms with Crippen LogP contribution in [0.3, 0.4) is 0 Å². The van der Waals surface area contributed by atoms with Crippen molar-refractivity contribution >= 4 is 11.9 Å². The predicted molar refractivity (Wildman–Crippen MR) is 370 cm³/mol. The molecule has 0 saturated heterocycles. The van der Waals surface area contributed by atoms with Crippen molar-refractivity contribution in [3.8, 4) is 0 Å². The van der Waals surface area contributed by atoms with E-state index in [1.54, 1.807) is 6.08 Å². The summed E-state index contributed by atoms with van der Waals surface area (Å²) in [5.74, 6) is -0.0565. The van der Waals surface area contributed by atoms with E-state index in [-0.39, 0.29) is 18.5 Å². The zero-order valence-electron chi connectivity index (χ0n) is 56.6. The van der Waals surface area contributed by atoms with E-state index in [1.165, 1.54) is 334 Å². The summed E-state index contributed by atoms with van der Waals surface area (Å²) >= 11 is 0. The summed E-state index contributed by atoms with van der Waals surface area (Å²) in [6.45, 7) is 4.93. The van der Waals surface area contributed by atoms with Gasteiger partial charge in [-0.3, -0.25) is 9.59 Å². The number of hydrogen-bond donors (Lipinski definition) is 3. The van der Waals surface area contributed by atoms with Crippen LogP contribution in [-0.4, -0.2) is 47.4 Å². The molecule has 0 radical (unpaired) electrons. The molecule has 0 heterocycles. The first-order chi connectivity index (χ1) is 41.5. The van der Waals surface area contributed by atoms with E-state index in [9.17, 15) is 19.8 Å². The molecule has 1 amide bonds. The van der Waals surface area contributed by atoms with Crippen LogP contribution in [0.2, 0.25) is 0 Å². The Morgan fingerprint density at radius 3 is 0.917 bits per heavy atom. The van der Waals surface area contributed by atoms with Gasteiger partial charge in [-0.15, -0.1) is 0 Å². The van der Waals surface area contributed by atoms with E-state index >= 15 is 0 Å². The lowest BCUT2D eigenvalue weighted by molar-refractivity contribution is -0.143. The highest BCUT2D eigenvalue weighted by atomic mass is 16.5. The molecule has 6 heteroatoms. The van der Waals surface area contributed by atoms with E-state index in [1.807, 2.05) is 6.08 Å². The minimum atomic E-state index is -0.844. The first-order valence-corrected chi connectivity index (χ1v) is 37.9. The number of nitrogens with one attached hydrogen (secondary N) is 1. The zero-order valence-corrected chi connectivity index (χ0v) is 56.6. The Kier molecular flexibility index (Phi) is 71.4. The number of hydrogen-bond acceptors (Lipinski definition) is 5. The fourth-order valence-electron chi connectivity index (χ4n) is 11.8. The second kappa shape index (κ2) is 73.3. The maximum atomic E-state index is 12.5. The number of aliphatic hydroxyl groups is 2. The number of carbonyl (C=O) groups is 2. The third-order valence-electron chi connectivity index (χ3n) is 17.6. The Bertz CT molecular complexity index is 1400. The van der Waals surface area contributed by atoms with Gasteiger partial charge in [0.2, 0.25) is 5.91 Å². The van der Waals surface area contributed by atoms with Gasteiger partial charge in [-0.1, -0.05) is 358 Å². The summed E-state index contributed by atoms with van der Waals surface area (Å²) in [4.78, 5) is 24.6. The van der Waals surface area contributed by atoms with Crippen LogP contribution in [0.15, 0.2) is 48.6 Å². The van der Waals surface area contributed by atoms with E-state index in [0.717, 1.165) is 51.4 Å². The molecule has 2 unspecified atom stereocenters. The van der Waals surface area contributed by atoms with Gasteiger partial charge < -0.3 is 20.3 Å². The quantitative estimate of drug-likeness (QED) is 0.0320. The molecule has 0 aliphatic rings. The van der Waals surface area contributed by atoms with Crippen LogP contribution in [0.5, 0.6) is 0 Å². The molecule has 0 rings (SSSR count). The Balaban J connectivity index is 3.40. The van der Waals surface area contributed by atoms with Crippen LogP contribution >= 0.6 is 0 Å². The molecule has 0 spiro atoms. The third kappa shape index (κ3) is 68.9. The summed E-state index contributed by atoms with van der Waals surface area (Å²) < 4.78 is 5.49. The molecule has 494 valence electrons. The van der Waals surface area contributed by atoms with Crippen molar-refractivity contribution < 1.29 is 24.5 Å². The smallest absolute Gasteiger partial charge is 0.305 e. The summed E-state index contributed by atoms with van der Waals surface area (Å²) in [6, 6.07) is -0.628. The molecule has 2 atom stereocenters. The van der Waals surface area contributed by atoms with E-state index in [0.29, 0.717) is 19.4 Å². The van der Waals surface area contributed by atoms with Crippen molar-refractivity contribution in [3.63, 3.8) is 0 Å². The summed E-state index contributed by atoms with van der Waals surface area (Å²) in [5, 5.41) is 23.2. The minimum absolute atomic E-state index is 0.00630. The van der Waals surface area contributed by atoms with Crippen LogP contribution in [0, 0.1) is 0 Å². The number of aliphatic hydroxyl groups excluding tert-OH is 2. The molecule has 0 fully saturated rings. The van der Waals surface area contributed by atoms with Gasteiger partial charge in [0.15, 0.2) is 0 Å². The largest absolute Gasteiger partial charge is 0.466 e.